The van der Waals surface area contributed by atoms with Gasteiger partial charge in [-0.15, -0.1) is 0 Å². The molecule has 7 aromatic carbocycles. The average molecular weight is 733 g/mol. The first kappa shape index (κ1) is 33.9. The standard InChI is InChI=1S/C52H36N4O/c1-3-14-41-43-20-13-21-44(49(43)56(46(41)4-2)40-17-9-6-10-18-40)52-54-50(53-51(55-52)39-31-32-48-45(33-39)42-19-11-12-22-47(42)57-48)38-29-27-37(28-30-38)36-25-23-35(24-26-36)34-15-7-5-8-16-34/h3-33H,2H2,1H3/b14-3-. The first-order valence-electron chi connectivity index (χ1n) is 19.1. The lowest BCUT2D eigenvalue weighted by atomic mass is 9.99. The van der Waals surface area contributed by atoms with Gasteiger partial charge < -0.3 is 8.98 Å². The Hall–Kier alpha value is -7.63. The maximum Gasteiger partial charge on any atom is 0.166 e. The number of nitrogens with zero attached hydrogens (tertiary/aromatic N) is 4. The zero-order valence-corrected chi connectivity index (χ0v) is 31.3. The van der Waals surface area contributed by atoms with Crippen LogP contribution in [0, 0.1) is 0 Å². The van der Waals surface area contributed by atoms with Crippen LogP contribution in [0.25, 0.3) is 107 Å². The maximum absolute atomic E-state index is 6.18. The monoisotopic (exact) mass is 732 g/mol. The summed E-state index contributed by atoms with van der Waals surface area (Å²) in [5, 5.41) is 3.15. The van der Waals surface area contributed by atoms with Gasteiger partial charge in [0.2, 0.25) is 0 Å². The van der Waals surface area contributed by atoms with Crippen molar-refractivity contribution in [3.8, 4) is 62.1 Å². The first-order valence-corrected chi connectivity index (χ1v) is 19.1. The Morgan fingerprint density at radius 1 is 0.491 bits per heavy atom. The van der Waals surface area contributed by atoms with Crippen LogP contribution in [0.2, 0.25) is 0 Å². The Morgan fingerprint density at radius 2 is 1.04 bits per heavy atom. The highest BCUT2D eigenvalue weighted by Gasteiger charge is 2.22. The molecule has 0 fully saturated rings. The number of rotatable bonds is 8. The fourth-order valence-electron chi connectivity index (χ4n) is 7.87. The summed E-state index contributed by atoms with van der Waals surface area (Å²) in [6.07, 6.45) is 6.14. The summed E-state index contributed by atoms with van der Waals surface area (Å²) in [5.41, 5.74) is 13.1. The molecule has 0 N–H and O–H groups in total. The molecule has 0 radical (unpaired) electrons. The van der Waals surface area contributed by atoms with Gasteiger partial charge in [-0.05, 0) is 77.7 Å². The Kier molecular flexibility index (Phi) is 8.46. The molecule has 0 saturated heterocycles. The quantitative estimate of drug-likeness (QED) is 0.156. The minimum Gasteiger partial charge on any atom is -0.456 e. The van der Waals surface area contributed by atoms with Gasteiger partial charge in [0.05, 0.1) is 11.2 Å². The molecule has 0 aliphatic rings. The lowest BCUT2D eigenvalue weighted by molar-refractivity contribution is 0.669. The molecule has 0 unspecified atom stereocenters. The number of aromatic nitrogens is 4. The zero-order valence-electron chi connectivity index (χ0n) is 31.3. The number of fused-ring (bicyclic) bond motifs is 4. The number of benzene rings is 7. The molecule has 5 nitrogen and oxygen atoms in total. The third kappa shape index (κ3) is 6.03. The molecular weight excluding hydrogens is 697 g/mol. The van der Waals surface area contributed by atoms with E-state index >= 15 is 0 Å². The van der Waals surface area contributed by atoms with Gasteiger partial charge in [0.25, 0.3) is 0 Å². The van der Waals surface area contributed by atoms with Crippen LogP contribution in [-0.4, -0.2) is 19.5 Å². The molecule has 0 amide bonds. The van der Waals surface area contributed by atoms with Crippen LogP contribution < -0.4 is 0 Å². The summed E-state index contributed by atoms with van der Waals surface area (Å²) in [7, 11) is 0. The van der Waals surface area contributed by atoms with Gasteiger partial charge in [0.15, 0.2) is 17.5 Å². The van der Waals surface area contributed by atoms with E-state index in [1.807, 2.05) is 55.5 Å². The van der Waals surface area contributed by atoms with Crippen LogP contribution in [0.5, 0.6) is 0 Å². The highest BCUT2D eigenvalue weighted by molar-refractivity contribution is 6.06. The van der Waals surface area contributed by atoms with E-state index in [0.29, 0.717) is 17.5 Å². The summed E-state index contributed by atoms with van der Waals surface area (Å²) in [6, 6.07) is 58.6. The van der Waals surface area contributed by atoms with E-state index in [9.17, 15) is 0 Å². The van der Waals surface area contributed by atoms with Crippen molar-refractivity contribution in [3.63, 3.8) is 0 Å². The minimum absolute atomic E-state index is 0.579. The smallest absolute Gasteiger partial charge is 0.166 e. The number of furan rings is 1. The summed E-state index contributed by atoms with van der Waals surface area (Å²) in [6.45, 7) is 6.29. The molecule has 0 bridgehead atoms. The van der Waals surface area contributed by atoms with E-state index in [1.54, 1.807) is 0 Å². The number of hydrogen-bond donors (Lipinski definition) is 0. The largest absolute Gasteiger partial charge is 0.456 e. The van der Waals surface area contributed by atoms with Gasteiger partial charge in [-0.1, -0.05) is 146 Å². The van der Waals surface area contributed by atoms with E-state index in [1.165, 1.54) is 11.1 Å². The molecule has 270 valence electrons. The van der Waals surface area contributed by atoms with Gasteiger partial charge in [0, 0.05) is 44.1 Å². The third-order valence-corrected chi connectivity index (χ3v) is 10.6. The fraction of sp³-hybridized carbons (Fsp3) is 0.0192. The summed E-state index contributed by atoms with van der Waals surface area (Å²) < 4.78 is 8.45. The Morgan fingerprint density at radius 3 is 1.72 bits per heavy atom. The van der Waals surface area contributed by atoms with Crippen LogP contribution in [-0.2, 0) is 0 Å². The first-order chi connectivity index (χ1) is 28.2. The van der Waals surface area contributed by atoms with Crippen LogP contribution in [0.1, 0.15) is 18.2 Å². The highest BCUT2D eigenvalue weighted by atomic mass is 16.3. The van der Waals surface area contributed by atoms with Crippen LogP contribution >= 0.6 is 0 Å². The molecule has 0 aliphatic carbocycles. The van der Waals surface area contributed by atoms with E-state index in [4.69, 9.17) is 19.4 Å². The van der Waals surface area contributed by atoms with E-state index < -0.39 is 0 Å². The minimum atomic E-state index is 0.579. The highest BCUT2D eigenvalue weighted by Crippen LogP contribution is 2.39. The molecule has 10 rings (SSSR count). The summed E-state index contributed by atoms with van der Waals surface area (Å²) >= 11 is 0. The molecular formula is C52H36N4O. The predicted molar refractivity (Wildman–Crippen MR) is 236 cm³/mol. The third-order valence-electron chi connectivity index (χ3n) is 10.6. The van der Waals surface area contributed by atoms with Crippen LogP contribution in [0.4, 0.5) is 0 Å². The van der Waals surface area contributed by atoms with Gasteiger partial charge in [-0.2, -0.15) is 0 Å². The predicted octanol–water partition coefficient (Wildman–Crippen LogP) is 13.7. The number of hydrogen-bond acceptors (Lipinski definition) is 4. The maximum atomic E-state index is 6.18. The van der Waals surface area contributed by atoms with Gasteiger partial charge >= 0.3 is 0 Å². The van der Waals surface area contributed by atoms with Crippen LogP contribution in [0.15, 0.2) is 187 Å². The summed E-state index contributed by atoms with van der Waals surface area (Å²) in [5.74, 6) is 1.75. The average Bonchev–Trinajstić information content (AvgIpc) is 3.82. The molecule has 0 atom stereocenters. The molecule has 57 heavy (non-hydrogen) atoms. The fourth-order valence-corrected chi connectivity index (χ4v) is 7.87. The SMILES string of the molecule is C=Cc1c(/C=C\C)c2cccc(-c3nc(-c4ccc(-c5ccc(-c6ccccc6)cc5)cc4)nc(-c4ccc5oc6ccccc6c5c4)n3)c2n1-c1ccccc1. The van der Waals surface area contributed by atoms with E-state index in [0.717, 1.165) is 77.6 Å². The van der Waals surface area contributed by atoms with E-state index in [-0.39, 0.29) is 0 Å². The van der Waals surface area contributed by atoms with Crippen molar-refractivity contribution in [2.45, 2.75) is 6.92 Å². The Bertz CT molecular complexity index is 3120. The second kappa shape index (κ2) is 14.2. The van der Waals surface area contributed by atoms with Gasteiger partial charge in [-0.25, -0.2) is 15.0 Å². The van der Waals surface area contributed by atoms with Crippen molar-refractivity contribution in [3.05, 3.63) is 194 Å². The van der Waals surface area contributed by atoms with Crippen molar-refractivity contribution in [2.24, 2.45) is 0 Å². The second-order valence-corrected chi connectivity index (χ2v) is 14.0. The zero-order chi connectivity index (χ0) is 38.3. The molecule has 0 saturated carbocycles. The molecule has 10 aromatic rings. The van der Waals surface area contributed by atoms with E-state index in [2.05, 4.69) is 151 Å². The molecule has 5 heteroatoms. The topological polar surface area (TPSA) is 56.7 Å². The van der Waals surface area contributed by atoms with Crippen LogP contribution in [0.3, 0.4) is 0 Å². The van der Waals surface area contributed by atoms with Crippen molar-refractivity contribution in [1.82, 2.24) is 19.5 Å². The lowest BCUT2D eigenvalue weighted by Crippen LogP contribution is -2.02. The Balaban J connectivity index is 1.15. The van der Waals surface area contributed by atoms with Crippen molar-refractivity contribution >= 4 is 45.0 Å². The number of para-hydroxylation sites is 3. The molecule has 0 aliphatic heterocycles. The number of allylic oxidation sites excluding steroid dienone is 1. The molecule has 3 aromatic heterocycles. The van der Waals surface area contributed by atoms with Crippen molar-refractivity contribution in [1.29, 1.82) is 0 Å². The molecule has 0 spiro atoms. The van der Waals surface area contributed by atoms with Crippen molar-refractivity contribution < 1.29 is 4.42 Å². The second-order valence-electron chi connectivity index (χ2n) is 14.0. The van der Waals surface area contributed by atoms with Gasteiger partial charge in [0.1, 0.15) is 11.2 Å². The van der Waals surface area contributed by atoms with Gasteiger partial charge in [-0.3, -0.25) is 0 Å². The summed E-state index contributed by atoms with van der Waals surface area (Å²) in [4.78, 5) is 15.7. The molecule has 3 heterocycles. The Labute approximate surface area is 330 Å². The van der Waals surface area contributed by atoms with Crippen molar-refractivity contribution in [2.75, 3.05) is 0 Å². The normalized spacial score (nSPS) is 11.6. The lowest BCUT2D eigenvalue weighted by Gasteiger charge is -2.13.